The molecule has 156 valence electrons. The van der Waals surface area contributed by atoms with Gasteiger partial charge in [-0.05, 0) is 67.6 Å². The highest BCUT2D eigenvalue weighted by molar-refractivity contribution is 6.04. The van der Waals surface area contributed by atoms with E-state index in [0.29, 0.717) is 5.56 Å². The number of hydrogen-bond donors (Lipinski definition) is 3. The summed E-state index contributed by atoms with van der Waals surface area (Å²) in [5.41, 5.74) is 4.95. The van der Waals surface area contributed by atoms with Gasteiger partial charge >= 0.3 is 0 Å². The fourth-order valence-electron chi connectivity index (χ4n) is 3.42. The number of aromatic amines is 1. The summed E-state index contributed by atoms with van der Waals surface area (Å²) >= 11 is 0. The van der Waals surface area contributed by atoms with Crippen LogP contribution in [0.4, 0.5) is 17.2 Å². The number of para-hydroxylation sites is 1. The number of fused-ring (bicyclic) bond motifs is 1. The fourth-order valence-corrected chi connectivity index (χ4v) is 3.42. The summed E-state index contributed by atoms with van der Waals surface area (Å²) in [5.74, 6) is 1.35. The molecule has 0 radical (unpaired) electrons. The van der Waals surface area contributed by atoms with E-state index in [-0.39, 0.29) is 5.91 Å². The van der Waals surface area contributed by atoms with Crippen LogP contribution in [0.2, 0.25) is 0 Å². The zero-order valence-electron chi connectivity index (χ0n) is 17.3. The Labute approximate surface area is 184 Å². The monoisotopic (exact) mass is 420 g/mol. The summed E-state index contributed by atoms with van der Waals surface area (Å²) in [6.07, 6.45) is 3.32. The highest BCUT2D eigenvalue weighted by Gasteiger charge is 2.08. The molecule has 1 amide bonds. The SMILES string of the molecule is Cc1cnc(-c2ccc(NC(=O)c3ccc(Nc4ncnc5ccccc45)cc3)cc2)[nH]1. The first kappa shape index (κ1) is 19.4. The molecule has 32 heavy (non-hydrogen) atoms. The van der Waals surface area contributed by atoms with Crippen molar-refractivity contribution in [2.75, 3.05) is 10.6 Å². The zero-order valence-corrected chi connectivity index (χ0v) is 17.3. The third-order valence-corrected chi connectivity index (χ3v) is 5.07. The standard InChI is InChI=1S/C25H20N6O/c1-16-14-26-23(29-16)17-6-10-20(11-7-17)31-25(32)18-8-12-19(13-9-18)30-24-21-4-2-3-5-22(21)27-15-28-24/h2-15H,1H3,(H,26,29)(H,31,32)(H,27,28,30). The summed E-state index contributed by atoms with van der Waals surface area (Å²) in [6, 6.07) is 22.6. The molecule has 2 heterocycles. The number of rotatable bonds is 5. The summed E-state index contributed by atoms with van der Waals surface area (Å²) in [6.45, 7) is 1.96. The van der Waals surface area contributed by atoms with Gasteiger partial charge < -0.3 is 15.6 Å². The molecule has 0 fully saturated rings. The van der Waals surface area contributed by atoms with Crippen molar-refractivity contribution in [2.24, 2.45) is 0 Å². The smallest absolute Gasteiger partial charge is 0.255 e. The van der Waals surface area contributed by atoms with Crippen LogP contribution in [0, 0.1) is 6.92 Å². The van der Waals surface area contributed by atoms with Gasteiger partial charge in [-0.15, -0.1) is 0 Å². The van der Waals surface area contributed by atoms with Gasteiger partial charge in [0.1, 0.15) is 18.0 Å². The van der Waals surface area contributed by atoms with E-state index in [9.17, 15) is 4.79 Å². The largest absolute Gasteiger partial charge is 0.342 e. The van der Waals surface area contributed by atoms with Crippen LogP contribution in [0.1, 0.15) is 16.1 Å². The second-order valence-corrected chi connectivity index (χ2v) is 7.39. The van der Waals surface area contributed by atoms with Gasteiger partial charge in [0.05, 0.1) is 5.52 Å². The quantitative estimate of drug-likeness (QED) is 0.357. The third kappa shape index (κ3) is 4.04. The van der Waals surface area contributed by atoms with Gasteiger partial charge in [0, 0.05) is 39.8 Å². The number of H-pyrrole nitrogens is 1. The molecule has 0 atom stereocenters. The first-order chi connectivity index (χ1) is 15.7. The van der Waals surface area contributed by atoms with Gasteiger partial charge in [0.25, 0.3) is 5.91 Å². The number of nitrogens with zero attached hydrogens (tertiary/aromatic N) is 3. The molecule has 5 aromatic rings. The van der Waals surface area contributed by atoms with Crippen molar-refractivity contribution in [3.8, 4) is 11.4 Å². The molecule has 3 aromatic carbocycles. The Morgan fingerprint density at radius 2 is 1.59 bits per heavy atom. The summed E-state index contributed by atoms with van der Waals surface area (Å²) < 4.78 is 0. The Bertz CT molecular complexity index is 1390. The summed E-state index contributed by atoms with van der Waals surface area (Å²) in [7, 11) is 0. The van der Waals surface area contributed by atoms with E-state index in [2.05, 4.69) is 30.6 Å². The molecule has 0 aliphatic rings. The zero-order chi connectivity index (χ0) is 21.9. The number of aryl methyl sites for hydroxylation is 1. The number of benzene rings is 3. The minimum absolute atomic E-state index is 0.175. The molecule has 0 unspecified atom stereocenters. The van der Waals surface area contributed by atoms with E-state index in [1.54, 1.807) is 18.3 Å². The minimum atomic E-state index is -0.175. The second-order valence-electron chi connectivity index (χ2n) is 7.39. The topological polar surface area (TPSA) is 95.6 Å². The summed E-state index contributed by atoms with van der Waals surface area (Å²) in [5, 5.41) is 7.15. The molecular formula is C25H20N6O. The van der Waals surface area contributed by atoms with Gasteiger partial charge in [-0.1, -0.05) is 12.1 Å². The first-order valence-corrected chi connectivity index (χ1v) is 10.2. The van der Waals surface area contributed by atoms with Crippen molar-refractivity contribution in [3.63, 3.8) is 0 Å². The maximum Gasteiger partial charge on any atom is 0.255 e. The predicted molar refractivity (Wildman–Crippen MR) is 126 cm³/mol. The van der Waals surface area contributed by atoms with Crippen LogP contribution >= 0.6 is 0 Å². The van der Waals surface area contributed by atoms with Crippen LogP contribution < -0.4 is 10.6 Å². The Morgan fingerprint density at radius 3 is 2.34 bits per heavy atom. The lowest BCUT2D eigenvalue weighted by Gasteiger charge is -2.10. The van der Waals surface area contributed by atoms with Gasteiger partial charge in [0.15, 0.2) is 0 Å². The van der Waals surface area contributed by atoms with Crippen LogP contribution in [0.3, 0.4) is 0 Å². The number of nitrogens with one attached hydrogen (secondary N) is 3. The Kier molecular flexibility index (Phi) is 5.05. The van der Waals surface area contributed by atoms with Crippen molar-refractivity contribution < 1.29 is 4.79 Å². The number of anilines is 3. The number of carbonyl (C=O) groups is 1. The van der Waals surface area contributed by atoms with Gasteiger partial charge in [-0.3, -0.25) is 4.79 Å². The van der Waals surface area contributed by atoms with Crippen LogP contribution in [0.15, 0.2) is 85.3 Å². The fraction of sp³-hybridized carbons (Fsp3) is 0.0400. The molecule has 0 aliphatic heterocycles. The Balaban J connectivity index is 1.27. The van der Waals surface area contributed by atoms with Crippen LogP contribution in [-0.2, 0) is 0 Å². The first-order valence-electron chi connectivity index (χ1n) is 10.2. The van der Waals surface area contributed by atoms with Gasteiger partial charge in [0.2, 0.25) is 0 Å². The number of hydrogen-bond acceptors (Lipinski definition) is 5. The average molecular weight is 420 g/mol. The highest BCUT2D eigenvalue weighted by atomic mass is 16.1. The van der Waals surface area contributed by atoms with E-state index in [4.69, 9.17) is 0 Å². The Hall–Kier alpha value is -4.52. The second kappa shape index (κ2) is 8.31. The van der Waals surface area contributed by atoms with E-state index >= 15 is 0 Å². The maximum atomic E-state index is 12.6. The molecule has 3 N–H and O–H groups in total. The molecule has 7 nitrogen and oxygen atoms in total. The van der Waals surface area contributed by atoms with E-state index in [1.165, 1.54) is 6.33 Å². The van der Waals surface area contributed by atoms with Crippen molar-refractivity contribution in [1.29, 1.82) is 0 Å². The normalized spacial score (nSPS) is 10.8. The lowest BCUT2D eigenvalue weighted by Crippen LogP contribution is -2.11. The lowest BCUT2D eigenvalue weighted by atomic mass is 10.1. The molecular weight excluding hydrogens is 400 g/mol. The van der Waals surface area contributed by atoms with Crippen molar-refractivity contribution in [2.45, 2.75) is 6.92 Å². The molecule has 0 bridgehead atoms. The molecule has 0 aliphatic carbocycles. The van der Waals surface area contributed by atoms with E-state index in [0.717, 1.165) is 45.2 Å². The lowest BCUT2D eigenvalue weighted by molar-refractivity contribution is 0.102. The molecule has 2 aromatic heterocycles. The average Bonchev–Trinajstić information content (AvgIpc) is 3.26. The number of imidazole rings is 1. The van der Waals surface area contributed by atoms with Crippen molar-refractivity contribution in [3.05, 3.63) is 96.6 Å². The molecule has 0 saturated heterocycles. The van der Waals surface area contributed by atoms with E-state index in [1.807, 2.05) is 67.6 Å². The van der Waals surface area contributed by atoms with Crippen molar-refractivity contribution >= 4 is 34.0 Å². The predicted octanol–water partition coefficient (Wildman–Crippen LogP) is 5.32. The highest BCUT2D eigenvalue weighted by Crippen LogP contribution is 2.23. The maximum absolute atomic E-state index is 12.6. The third-order valence-electron chi connectivity index (χ3n) is 5.07. The van der Waals surface area contributed by atoms with Crippen molar-refractivity contribution in [1.82, 2.24) is 19.9 Å². The van der Waals surface area contributed by atoms with E-state index < -0.39 is 0 Å². The Morgan fingerprint density at radius 1 is 0.844 bits per heavy atom. The molecule has 0 spiro atoms. The molecule has 7 heteroatoms. The van der Waals surface area contributed by atoms with Gasteiger partial charge in [-0.25, -0.2) is 15.0 Å². The van der Waals surface area contributed by atoms with Gasteiger partial charge in [-0.2, -0.15) is 0 Å². The minimum Gasteiger partial charge on any atom is -0.342 e. The van der Waals surface area contributed by atoms with Crippen LogP contribution in [0.25, 0.3) is 22.3 Å². The molecule has 0 saturated carbocycles. The van der Waals surface area contributed by atoms with Crippen LogP contribution in [-0.4, -0.2) is 25.8 Å². The van der Waals surface area contributed by atoms with Crippen LogP contribution in [0.5, 0.6) is 0 Å². The molecule has 5 rings (SSSR count). The number of carbonyl (C=O) groups excluding carboxylic acids is 1. The summed E-state index contributed by atoms with van der Waals surface area (Å²) in [4.78, 5) is 28.8. The number of aromatic nitrogens is 4. The number of amides is 1.